The fourth-order valence-electron chi connectivity index (χ4n) is 4.49. The quantitative estimate of drug-likeness (QED) is 0.0115. The Kier molecular flexibility index (Phi) is 19.8. The molecule has 2 N–H and O–H groups in total. The molecule has 28 heteroatoms. The summed E-state index contributed by atoms with van der Waals surface area (Å²) in [6.07, 6.45) is -1.39. The van der Waals surface area contributed by atoms with Crippen LogP contribution < -0.4 is 105 Å². The number of hydrogen-bond acceptors (Lipinski definition) is 20. The summed E-state index contributed by atoms with van der Waals surface area (Å²) in [4.78, 5) is 5.03. The van der Waals surface area contributed by atoms with Crippen molar-refractivity contribution >= 4 is 100 Å². The maximum Gasteiger partial charge on any atom is 1.00 e. The Balaban J connectivity index is 0.00000336. The molecule has 0 radical (unpaired) electrons. The van der Waals surface area contributed by atoms with Crippen LogP contribution in [0.1, 0.15) is 0 Å². The fourth-order valence-corrected chi connectivity index (χ4v) is 7.37. The first kappa shape index (κ1) is 49.3. The van der Waals surface area contributed by atoms with Crippen LogP contribution in [0.25, 0.3) is 21.5 Å². The Labute approximate surface area is 383 Å². The predicted molar refractivity (Wildman–Crippen MR) is 168 cm³/mol. The van der Waals surface area contributed by atoms with Crippen molar-refractivity contribution in [1.29, 1.82) is 0 Å². The van der Waals surface area contributed by atoms with E-state index in [1.807, 2.05) is 0 Å². The van der Waals surface area contributed by atoms with Gasteiger partial charge in [-0.15, -0.1) is 14.6 Å². The van der Waals surface area contributed by atoms with Gasteiger partial charge < -0.3 is 25.5 Å². The normalized spacial score (nSPS) is 11.7. The second-order valence-corrected chi connectivity index (χ2v) is 14.6. The molecule has 0 atom stereocenters. The Morgan fingerprint density at radius 3 is 2.28 bits per heavy atom. The Hall–Kier alpha value is -0.890. The number of aromatic nitrogens is 2. The van der Waals surface area contributed by atoms with Gasteiger partial charge >= 0.3 is 94.8 Å². The average molecular weight is 876 g/mol. The van der Waals surface area contributed by atoms with Crippen molar-refractivity contribution < 1.29 is 157 Å². The third kappa shape index (κ3) is 12.1. The third-order valence-corrected chi connectivity index (χ3v) is 10.5. The molecule has 54 heavy (non-hydrogen) atoms. The second-order valence-electron chi connectivity index (χ2n) is 9.59. The van der Waals surface area contributed by atoms with Gasteiger partial charge in [-0.25, -0.2) is 16.8 Å². The van der Waals surface area contributed by atoms with E-state index in [0.29, 0.717) is 0 Å². The maximum atomic E-state index is 13.8. The van der Waals surface area contributed by atoms with Crippen LogP contribution in [-0.2, 0) is 42.9 Å². The number of hydrogen-bond donors (Lipinski definition) is 2. The molecule has 0 aliphatic heterocycles. The van der Waals surface area contributed by atoms with Gasteiger partial charge in [-0.1, -0.05) is 23.7 Å². The van der Waals surface area contributed by atoms with Gasteiger partial charge in [0, 0.05) is 16.5 Å². The van der Waals surface area contributed by atoms with Crippen LogP contribution in [0.4, 0.5) is 31.7 Å². The number of halogens is 3. The van der Waals surface area contributed by atoms with Crippen molar-refractivity contribution in [3.05, 3.63) is 71.6 Å². The van der Waals surface area contributed by atoms with Crippen LogP contribution in [0, 0.1) is 12.0 Å². The van der Waals surface area contributed by atoms with Crippen LogP contribution >= 0.6 is 36.0 Å². The minimum Gasteiger partial charge on any atom is -0.744 e. The molecule has 1 aromatic heterocycles. The molecular weight excluding hydrogens is 861 g/mol. The van der Waals surface area contributed by atoms with Gasteiger partial charge in [0.15, 0.2) is 33.7 Å². The molecule has 0 unspecified atom stereocenters. The molecule has 18 nitrogen and oxygen atoms in total. The van der Waals surface area contributed by atoms with Crippen molar-refractivity contribution in [1.82, 2.24) is 9.97 Å². The van der Waals surface area contributed by atoms with E-state index in [1.165, 1.54) is 30.3 Å². The predicted octanol–water partition coefficient (Wildman–Crippen LogP) is -4.70. The van der Waals surface area contributed by atoms with E-state index < -0.39 is 71.5 Å². The standard InChI is InChI=1S/C26H18ClF2N5O13S4.3Na/c27-20-24(28)31-26(29)32-25(20)30-14-2-4-16-13(9-14)11-19(48-46-44-36)21(22(16)35)34-33-18-6-1-12-10-15(3-5-17(12)23(18)51(40,41)42)50(38,39)8-7-43-49-47-45-37;;;/h1-6,9-11,35-37H,7-8H2,(H,30,31,32)(H,40,41,42);;;/q;3*+1/p-3. The molecule has 0 fully saturated rings. The van der Waals surface area contributed by atoms with Gasteiger partial charge in [0.25, 0.3) is 0 Å². The summed E-state index contributed by atoms with van der Waals surface area (Å²) in [5.41, 5.74) is -0.703. The molecular formula is C26H15ClF2N5Na3O13S4. The number of azo groups is 1. The molecule has 5 aromatic rings. The number of nitrogens with one attached hydrogen (secondary N) is 1. The first-order valence-electron chi connectivity index (χ1n) is 13.2. The Morgan fingerprint density at radius 1 is 0.889 bits per heavy atom. The second kappa shape index (κ2) is 21.8. The van der Waals surface area contributed by atoms with Crippen molar-refractivity contribution in [2.75, 3.05) is 17.7 Å². The molecule has 0 bridgehead atoms. The van der Waals surface area contributed by atoms with Crippen molar-refractivity contribution in [2.45, 2.75) is 14.7 Å². The molecule has 0 saturated carbocycles. The number of benzene rings is 4. The number of fused-ring (bicyclic) bond motifs is 2. The third-order valence-electron chi connectivity index (χ3n) is 6.58. The van der Waals surface area contributed by atoms with Gasteiger partial charge in [0.1, 0.15) is 26.5 Å². The number of anilines is 2. The number of sulfone groups is 1. The van der Waals surface area contributed by atoms with Crippen LogP contribution in [0.5, 0.6) is 5.75 Å². The Morgan fingerprint density at radius 2 is 1.59 bits per heavy atom. The largest absolute Gasteiger partial charge is 1.00 e. The van der Waals surface area contributed by atoms with E-state index in [1.54, 1.807) is 0 Å². The molecule has 0 saturated heterocycles. The first-order chi connectivity index (χ1) is 24.2. The van der Waals surface area contributed by atoms with E-state index in [2.05, 4.69) is 44.3 Å². The van der Waals surface area contributed by atoms with E-state index >= 15 is 0 Å². The fraction of sp³-hybridized carbons (Fsp3) is 0.0769. The van der Waals surface area contributed by atoms with E-state index in [0.717, 1.165) is 24.3 Å². The summed E-state index contributed by atoms with van der Waals surface area (Å²) in [5.74, 6) is -2.87. The zero-order valence-corrected chi connectivity index (χ0v) is 37.5. The number of rotatable bonds is 15. The van der Waals surface area contributed by atoms with Crippen LogP contribution in [0.3, 0.4) is 0 Å². The van der Waals surface area contributed by atoms with Crippen LogP contribution in [-0.4, -0.2) is 48.8 Å². The minimum absolute atomic E-state index is 0. The SMILES string of the molecule is O=S(=O)([O-])c1c(N=Nc2c(SOO[O-])cc3cc(Nc4nc(F)nc(F)c4Cl)ccc3c2O)ccc2cc(S(=O)(=O)CCOSOO[O-])ccc12.[Na+].[Na+].[Na+]. The number of nitrogens with zero attached hydrogens (tertiary/aromatic N) is 4. The molecule has 0 aliphatic rings. The number of aromatic hydroxyl groups is 1. The van der Waals surface area contributed by atoms with Crippen molar-refractivity contribution in [3.63, 3.8) is 0 Å². The van der Waals surface area contributed by atoms with Crippen LogP contribution in [0.2, 0.25) is 5.02 Å². The van der Waals surface area contributed by atoms with E-state index in [4.69, 9.17) is 15.8 Å². The summed E-state index contributed by atoms with van der Waals surface area (Å²) in [5, 5.41) is 47.9. The summed E-state index contributed by atoms with van der Waals surface area (Å²) < 4.78 is 103. The number of phenolic OH excluding ortho intramolecular Hbond substituents is 1. The summed E-state index contributed by atoms with van der Waals surface area (Å²) in [6.45, 7) is -0.416. The monoisotopic (exact) mass is 875 g/mol. The topological polar surface area (TPSA) is 266 Å². The molecule has 0 amide bonds. The molecule has 270 valence electrons. The van der Waals surface area contributed by atoms with Gasteiger partial charge in [-0.3, -0.25) is 14.3 Å². The number of phenols is 1. The molecule has 4 aromatic carbocycles. The maximum absolute atomic E-state index is 13.8. The van der Waals surface area contributed by atoms with Crippen molar-refractivity contribution in [2.24, 2.45) is 10.2 Å². The minimum atomic E-state index is -5.30. The van der Waals surface area contributed by atoms with E-state index in [-0.39, 0.29) is 156 Å². The average Bonchev–Trinajstić information content (AvgIpc) is 3.08. The Bertz CT molecular complexity index is 2400. The first-order valence-corrected chi connectivity index (χ1v) is 18.1. The molecule has 5 rings (SSSR count). The van der Waals surface area contributed by atoms with Gasteiger partial charge in [-0.05, 0) is 53.2 Å². The van der Waals surface area contributed by atoms with E-state index in [9.17, 15) is 45.8 Å². The van der Waals surface area contributed by atoms with Gasteiger partial charge in [0.2, 0.25) is 5.95 Å². The van der Waals surface area contributed by atoms with Crippen molar-refractivity contribution in [3.8, 4) is 5.75 Å². The molecule has 0 aliphatic carbocycles. The van der Waals surface area contributed by atoms with Crippen LogP contribution in [0.15, 0.2) is 79.5 Å². The zero-order valence-electron chi connectivity index (χ0n) is 27.5. The van der Waals surface area contributed by atoms with Gasteiger partial charge in [-0.2, -0.15) is 23.1 Å². The van der Waals surface area contributed by atoms with Gasteiger partial charge in [0.05, 0.1) is 39.1 Å². The molecule has 1 heterocycles. The zero-order chi connectivity index (χ0) is 36.9. The molecule has 0 spiro atoms. The smallest absolute Gasteiger partial charge is 0.744 e. The summed E-state index contributed by atoms with van der Waals surface area (Å²) in [6, 6.07) is 11.0. The summed E-state index contributed by atoms with van der Waals surface area (Å²) >= 11 is 6.20. The summed E-state index contributed by atoms with van der Waals surface area (Å²) in [7, 11) is -9.30.